The zero-order valence-corrected chi connectivity index (χ0v) is 12.5. The topological polar surface area (TPSA) is 56.0 Å². The molecule has 0 unspecified atom stereocenters. The first kappa shape index (κ1) is 14.2. The number of Topliss-reactive ketones (excluding diaryl/α,β-unsaturated/α-hetero) is 1. The fourth-order valence-corrected chi connectivity index (χ4v) is 3.41. The number of aromatic nitrogens is 1. The second kappa shape index (κ2) is 5.57. The van der Waals surface area contributed by atoms with Crippen LogP contribution in [0.15, 0.2) is 36.5 Å². The third kappa shape index (κ3) is 2.46. The van der Waals surface area contributed by atoms with Crippen LogP contribution >= 0.6 is 0 Å². The van der Waals surface area contributed by atoms with Gasteiger partial charge in [-0.05, 0) is 43.7 Å². The molecule has 21 heavy (non-hydrogen) atoms. The molecule has 0 bridgehead atoms. The zero-order chi connectivity index (χ0) is 14.9. The molecule has 2 N–H and O–H groups in total. The second-order valence-electron chi connectivity index (χ2n) is 6.38. The SMILES string of the molecule is CC1CCC(CN)(C(=O)c2cccc3cccnc23)CC1. The lowest BCUT2D eigenvalue weighted by atomic mass is 9.67. The van der Waals surface area contributed by atoms with Gasteiger partial charge in [-0.25, -0.2) is 0 Å². The Hall–Kier alpha value is -1.74. The van der Waals surface area contributed by atoms with Gasteiger partial charge in [-0.1, -0.05) is 25.1 Å². The Morgan fingerprint density at radius 1 is 1.29 bits per heavy atom. The minimum atomic E-state index is -0.391. The number of para-hydroxylation sites is 1. The van der Waals surface area contributed by atoms with Crippen molar-refractivity contribution in [3.8, 4) is 0 Å². The highest BCUT2D eigenvalue weighted by atomic mass is 16.1. The molecule has 1 saturated carbocycles. The fourth-order valence-electron chi connectivity index (χ4n) is 3.41. The van der Waals surface area contributed by atoms with E-state index in [0.717, 1.165) is 42.1 Å². The van der Waals surface area contributed by atoms with Gasteiger partial charge in [-0.3, -0.25) is 9.78 Å². The van der Waals surface area contributed by atoms with E-state index in [-0.39, 0.29) is 5.78 Å². The Morgan fingerprint density at radius 2 is 2.00 bits per heavy atom. The first-order chi connectivity index (χ1) is 10.2. The first-order valence-electron chi connectivity index (χ1n) is 7.75. The molecule has 1 aliphatic carbocycles. The van der Waals surface area contributed by atoms with E-state index in [1.54, 1.807) is 6.20 Å². The summed E-state index contributed by atoms with van der Waals surface area (Å²) in [5.74, 6) is 0.879. The molecular formula is C18H22N2O. The summed E-state index contributed by atoms with van der Waals surface area (Å²) in [4.78, 5) is 17.6. The van der Waals surface area contributed by atoms with Gasteiger partial charge in [0, 0.05) is 29.1 Å². The highest BCUT2D eigenvalue weighted by molar-refractivity contribution is 6.09. The van der Waals surface area contributed by atoms with Crippen LogP contribution < -0.4 is 5.73 Å². The maximum absolute atomic E-state index is 13.2. The van der Waals surface area contributed by atoms with Crippen molar-refractivity contribution in [3.05, 3.63) is 42.1 Å². The van der Waals surface area contributed by atoms with Gasteiger partial charge in [0.2, 0.25) is 0 Å². The summed E-state index contributed by atoms with van der Waals surface area (Å²) < 4.78 is 0. The van der Waals surface area contributed by atoms with Crippen LogP contribution in [0.25, 0.3) is 10.9 Å². The summed E-state index contributed by atoms with van der Waals surface area (Å²) >= 11 is 0. The summed E-state index contributed by atoms with van der Waals surface area (Å²) in [5, 5.41) is 1.01. The molecule has 0 radical (unpaired) electrons. The molecule has 0 atom stereocenters. The molecular weight excluding hydrogens is 260 g/mol. The van der Waals surface area contributed by atoms with Crippen molar-refractivity contribution in [3.63, 3.8) is 0 Å². The average Bonchev–Trinajstić information content (AvgIpc) is 2.55. The predicted octanol–water partition coefficient (Wildman–Crippen LogP) is 3.57. The highest BCUT2D eigenvalue weighted by Gasteiger charge is 2.40. The Bertz CT molecular complexity index is 652. The summed E-state index contributed by atoms with van der Waals surface area (Å²) in [6.07, 6.45) is 5.71. The number of benzene rings is 1. The standard InChI is InChI=1S/C18H22N2O/c1-13-7-9-18(12-19,10-8-13)17(21)15-6-2-4-14-5-3-11-20-16(14)15/h2-6,11,13H,7-10,12,19H2,1H3. The van der Waals surface area contributed by atoms with Crippen LogP contribution in [0.2, 0.25) is 0 Å². The summed E-state index contributed by atoms with van der Waals surface area (Å²) in [6, 6.07) is 9.73. The van der Waals surface area contributed by atoms with Crippen LogP contribution in [0.5, 0.6) is 0 Å². The van der Waals surface area contributed by atoms with E-state index in [9.17, 15) is 4.79 Å². The van der Waals surface area contributed by atoms with E-state index in [1.165, 1.54) is 0 Å². The Balaban J connectivity index is 2.03. The average molecular weight is 282 g/mol. The number of pyridine rings is 1. The van der Waals surface area contributed by atoms with E-state index < -0.39 is 5.41 Å². The monoisotopic (exact) mass is 282 g/mol. The number of nitrogens with two attached hydrogens (primary N) is 1. The van der Waals surface area contributed by atoms with Crippen molar-refractivity contribution < 1.29 is 4.79 Å². The molecule has 0 aliphatic heterocycles. The summed E-state index contributed by atoms with van der Waals surface area (Å²) in [7, 11) is 0. The van der Waals surface area contributed by atoms with E-state index in [0.29, 0.717) is 12.5 Å². The van der Waals surface area contributed by atoms with Crippen molar-refractivity contribution in [2.45, 2.75) is 32.6 Å². The molecule has 1 aromatic heterocycles. The largest absolute Gasteiger partial charge is 0.329 e. The van der Waals surface area contributed by atoms with Crippen LogP contribution in [0.3, 0.4) is 0 Å². The third-order valence-electron chi connectivity index (χ3n) is 4.98. The van der Waals surface area contributed by atoms with Gasteiger partial charge in [0.25, 0.3) is 0 Å². The maximum atomic E-state index is 13.2. The lowest BCUT2D eigenvalue weighted by molar-refractivity contribution is 0.0697. The molecule has 1 aromatic carbocycles. The maximum Gasteiger partial charge on any atom is 0.172 e. The van der Waals surface area contributed by atoms with E-state index in [2.05, 4.69) is 11.9 Å². The van der Waals surface area contributed by atoms with Crippen molar-refractivity contribution in [2.75, 3.05) is 6.54 Å². The van der Waals surface area contributed by atoms with Crippen LogP contribution in [0, 0.1) is 11.3 Å². The van der Waals surface area contributed by atoms with Crippen LogP contribution in [0.4, 0.5) is 0 Å². The number of hydrogen-bond donors (Lipinski definition) is 1. The van der Waals surface area contributed by atoms with Crippen molar-refractivity contribution >= 4 is 16.7 Å². The third-order valence-corrected chi connectivity index (χ3v) is 4.98. The molecule has 0 amide bonds. The number of carbonyl (C=O) groups excluding carboxylic acids is 1. The van der Waals surface area contributed by atoms with Gasteiger partial charge in [0.1, 0.15) is 0 Å². The predicted molar refractivity (Wildman–Crippen MR) is 85.2 cm³/mol. The molecule has 3 nitrogen and oxygen atoms in total. The molecule has 0 saturated heterocycles. The Labute approximate surface area is 125 Å². The molecule has 110 valence electrons. The number of hydrogen-bond acceptors (Lipinski definition) is 3. The first-order valence-corrected chi connectivity index (χ1v) is 7.75. The molecule has 3 heteroatoms. The smallest absolute Gasteiger partial charge is 0.172 e. The lowest BCUT2D eigenvalue weighted by Crippen LogP contribution is -2.41. The van der Waals surface area contributed by atoms with Crippen LogP contribution in [-0.2, 0) is 0 Å². The minimum absolute atomic E-state index is 0.182. The molecule has 1 fully saturated rings. The van der Waals surface area contributed by atoms with Gasteiger partial charge in [0.15, 0.2) is 5.78 Å². The van der Waals surface area contributed by atoms with Crippen molar-refractivity contribution in [1.29, 1.82) is 0 Å². The van der Waals surface area contributed by atoms with Gasteiger partial charge in [0.05, 0.1) is 5.52 Å². The van der Waals surface area contributed by atoms with E-state index in [1.807, 2.05) is 30.3 Å². The zero-order valence-electron chi connectivity index (χ0n) is 12.5. The molecule has 1 heterocycles. The number of ketones is 1. The van der Waals surface area contributed by atoms with E-state index in [4.69, 9.17) is 5.73 Å². The minimum Gasteiger partial charge on any atom is -0.329 e. The van der Waals surface area contributed by atoms with Crippen molar-refractivity contribution in [1.82, 2.24) is 4.98 Å². The fraction of sp³-hybridized carbons (Fsp3) is 0.444. The van der Waals surface area contributed by atoms with Crippen molar-refractivity contribution in [2.24, 2.45) is 17.1 Å². The Morgan fingerprint density at radius 3 is 2.71 bits per heavy atom. The number of nitrogens with zero attached hydrogens (tertiary/aromatic N) is 1. The second-order valence-corrected chi connectivity index (χ2v) is 6.38. The van der Waals surface area contributed by atoms with Gasteiger partial charge >= 0.3 is 0 Å². The van der Waals surface area contributed by atoms with Gasteiger partial charge < -0.3 is 5.73 Å². The number of carbonyl (C=O) groups is 1. The van der Waals surface area contributed by atoms with Crippen LogP contribution in [0.1, 0.15) is 43.0 Å². The molecule has 1 aliphatic rings. The van der Waals surface area contributed by atoms with E-state index >= 15 is 0 Å². The Kier molecular flexibility index (Phi) is 3.77. The highest BCUT2D eigenvalue weighted by Crippen LogP contribution is 2.41. The lowest BCUT2D eigenvalue weighted by Gasteiger charge is -2.37. The quantitative estimate of drug-likeness (QED) is 0.875. The molecule has 2 aromatic rings. The number of rotatable bonds is 3. The van der Waals surface area contributed by atoms with Gasteiger partial charge in [-0.15, -0.1) is 0 Å². The normalized spacial score (nSPS) is 25.9. The van der Waals surface area contributed by atoms with Crippen LogP contribution in [-0.4, -0.2) is 17.3 Å². The molecule has 3 rings (SSSR count). The summed E-state index contributed by atoms with van der Waals surface area (Å²) in [5.41, 5.74) is 7.17. The van der Waals surface area contributed by atoms with Gasteiger partial charge in [-0.2, -0.15) is 0 Å². The summed E-state index contributed by atoms with van der Waals surface area (Å²) in [6.45, 7) is 2.69. The molecule has 0 spiro atoms. The number of fused-ring (bicyclic) bond motifs is 1.